The Labute approximate surface area is 89.6 Å². The predicted molar refractivity (Wildman–Crippen MR) is 59.3 cm³/mol. The van der Waals surface area contributed by atoms with Crippen molar-refractivity contribution in [3.05, 3.63) is 24.3 Å². The monoisotopic (exact) mass is 210 g/mol. The van der Waals surface area contributed by atoms with E-state index in [2.05, 4.69) is 17.3 Å². The van der Waals surface area contributed by atoms with E-state index in [0.717, 1.165) is 18.5 Å². The molecule has 0 fully saturated rings. The van der Waals surface area contributed by atoms with Gasteiger partial charge in [0, 0.05) is 13.2 Å². The number of halogens is 1. The third-order valence-corrected chi connectivity index (χ3v) is 2.94. The van der Waals surface area contributed by atoms with Gasteiger partial charge in [-0.2, -0.15) is 0 Å². The van der Waals surface area contributed by atoms with Crippen LogP contribution in [0.2, 0.25) is 0 Å². The van der Waals surface area contributed by atoms with Gasteiger partial charge in [0.15, 0.2) is 0 Å². The molecule has 0 amide bonds. The van der Waals surface area contributed by atoms with Crippen LogP contribution in [0.1, 0.15) is 31.4 Å². The Morgan fingerprint density at radius 3 is 3.07 bits per heavy atom. The Hall–Kier alpha value is -0.760. The number of rotatable bonds is 1. The van der Waals surface area contributed by atoms with Crippen molar-refractivity contribution in [3.8, 4) is 0 Å². The zero-order valence-electron chi connectivity index (χ0n) is 8.41. The highest BCUT2D eigenvalue weighted by Gasteiger charge is 2.12. The molecule has 2 rings (SSSR count). The quantitative estimate of drug-likeness (QED) is 0.652. The molecule has 0 saturated carbocycles. The van der Waals surface area contributed by atoms with Crippen molar-refractivity contribution in [1.29, 1.82) is 0 Å². The third kappa shape index (κ3) is 2.18. The highest BCUT2D eigenvalue weighted by atomic mass is 35.5. The van der Waals surface area contributed by atoms with E-state index in [-0.39, 0.29) is 5.38 Å². The van der Waals surface area contributed by atoms with E-state index in [0.29, 0.717) is 0 Å². The number of imidazole rings is 1. The lowest BCUT2D eigenvalue weighted by Gasteiger charge is -2.01. The first-order valence-electron chi connectivity index (χ1n) is 5.09. The highest BCUT2D eigenvalue weighted by molar-refractivity contribution is 6.22. The molecule has 1 heterocycles. The van der Waals surface area contributed by atoms with Gasteiger partial charge in [0.1, 0.15) is 0 Å². The Balaban J connectivity index is 2.23. The second-order valence-corrected chi connectivity index (χ2v) is 4.44. The van der Waals surface area contributed by atoms with Crippen molar-refractivity contribution in [1.82, 2.24) is 9.55 Å². The summed E-state index contributed by atoms with van der Waals surface area (Å²) < 4.78 is 1.98. The topological polar surface area (TPSA) is 17.8 Å². The lowest BCUT2D eigenvalue weighted by atomic mass is 10.1. The molecule has 0 radical (unpaired) electrons. The molecule has 0 bridgehead atoms. The highest BCUT2D eigenvalue weighted by Crippen LogP contribution is 2.26. The first kappa shape index (κ1) is 9.78. The Morgan fingerprint density at radius 2 is 2.36 bits per heavy atom. The largest absolute Gasteiger partial charge is 0.340 e. The number of nitrogens with zero attached hydrogens (tertiary/aromatic N) is 2. The summed E-state index contributed by atoms with van der Waals surface area (Å²) in [4.78, 5) is 4.35. The molecule has 1 aliphatic carbocycles. The van der Waals surface area contributed by atoms with Gasteiger partial charge in [-0.05, 0) is 24.8 Å². The van der Waals surface area contributed by atoms with Crippen LogP contribution >= 0.6 is 11.6 Å². The zero-order valence-corrected chi connectivity index (χ0v) is 9.17. The van der Waals surface area contributed by atoms with Crippen LogP contribution in [-0.2, 0) is 7.05 Å². The van der Waals surface area contributed by atoms with Gasteiger partial charge in [-0.1, -0.05) is 12.5 Å². The lowest BCUT2D eigenvalue weighted by Crippen LogP contribution is -1.91. The average Bonchev–Trinajstić information content (AvgIpc) is 2.45. The molecule has 1 aliphatic rings. The van der Waals surface area contributed by atoms with E-state index >= 15 is 0 Å². The summed E-state index contributed by atoms with van der Waals surface area (Å²) in [7, 11) is 1.99. The zero-order chi connectivity index (χ0) is 9.97. The van der Waals surface area contributed by atoms with Gasteiger partial charge < -0.3 is 4.57 Å². The molecule has 3 heteroatoms. The molecule has 0 N–H and O–H groups in total. The minimum Gasteiger partial charge on any atom is -0.340 e. The Bertz CT molecular complexity index is 341. The van der Waals surface area contributed by atoms with Crippen molar-refractivity contribution >= 4 is 17.2 Å². The van der Waals surface area contributed by atoms with Crippen molar-refractivity contribution in [2.24, 2.45) is 7.05 Å². The van der Waals surface area contributed by atoms with E-state index < -0.39 is 0 Å². The molecule has 1 atom stereocenters. The summed E-state index contributed by atoms with van der Waals surface area (Å²) in [5.74, 6) is 0. The van der Waals surface area contributed by atoms with Crippen LogP contribution in [0.15, 0.2) is 18.6 Å². The van der Waals surface area contributed by atoms with Crippen LogP contribution in [0.5, 0.6) is 0 Å². The minimum atomic E-state index is 0.189. The van der Waals surface area contributed by atoms with E-state index in [9.17, 15) is 0 Å². The van der Waals surface area contributed by atoms with Crippen molar-refractivity contribution in [2.45, 2.75) is 31.1 Å². The summed E-state index contributed by atoms with van der Waals surface area (Å²) in [6.45, 7) is 0. The van der Waals surface area contributed by atoms with E-state index in [1.807, 2.05) is 17.9 Å². The maximum Gasteiger partial charge on any atom is 0.0951 e. The SMILES string of the molecule is Cn1cnc(C2=CC(Cl)CCCC2)c1. The van der Waals surface area contributed by atoms with Crippen LogP contribution in [0.3, 0.4) is 0 Å². The standard InChI is InChI=1S/C11H15ClN2/c1-14-7-11(13-8-14)9-4-2-3-5-10(12)6-9/h6-8,10H,2-5H2,1H3. The van der Waals surface area contributed by atoms with Crippen molar-refractivity contribution in [2.75, 3.05) is 0 Å². The fraction of sp³-hybridized carbons (Fsp3) is 0.545. The number of aromatic nitrogens is 2. The van der Waals surface area contributed by atoms with Gasteiger partial charge in [-0.25, -0.2) is 4.98 Å². The molecular weight excluding hydrogens is 196 g/mol. The number of aryl methyl sites for hydroxylation is 1. The first-order chi connectivity index (χ1) is 6.75. The number of hydrogen-bond acceptors (Lipinski definition) is 1. The second kappa shape index (κ2) is 4.18. The van der Waals surface area contributed by atoms with Gasteiger partial charge >= 0.3 is 0 Å². The molecule has 0 aromatic carbocycles. The van der Waals surface area contributed by atoms with Crippen LogP contribution in [-0.4, -0.2) is 14.9 Å². The van der Waals surface area contributed by atoms with Crippen LogP contribution in [0.25, 0.3) is 5.57 Å². The van der Waals surface area contributed by atoms with Crippen LogP contribution in [0.4, 0.5) is 0 Å². The van der Waals surface area contributed by atoms with E-state index in [4.69, 9.17) is 11.6 Å². The van der Waals surface area contributed by atoms with Crippen molar-refractivity contribution in [3.63, 3.8) is 0 Å². The smallest absolute Gasteiger partial charge is 0.0951 e. The molecule has 1 aromatic rings. The number of allylic oxidation sites excluding steroid dienone is 2. The molecule has 2 nitrogen and oxygen atoms in total. The fourth-order valence-electron chi connectivity index (χ4n) is 1.83. The molecule has 0 saturated heterocycles. The summed E-state index contributed by atoms with van der Waals surface area (Å²) in [5.41, 5.74) is 2.39. The van der Waals surface area contributed by atoms with Gasteiger partial charge in [0.2, 0.25) is 0 Å². The fourth-order valence-corrected chi connectivity index (χ4v) is 2.14. The van der Waals surface area contributed by atoms with Crippen LogP contribution in [0, 0.1) is 0 Å². The minimum absolute atomic E-state index is 0.189. The molecule has 0 aliphatic heterocycles. The summed E-state index contributed by atoms with van der Waals surface area (Å²) in [6.07, 6.45) is 10.7. The summed E-state index contributed by atoms with van der Waals surface area (Å²) in [5, 5.41) is 0.189. The molecule has 14 heavy (non-hydrogen) atoms. The molecule has 1 aromatic heterocycles. The Morgan fingerprint density at radius 1 is 1.50 bits per heavy atom. The van der Waals surface area contributed by atoms with E-state index in [1.165, 1.54) is 18.4 Å². The third-order valence-electron chi connectivity index (χ3n) is 2.59. The number of hydrogen-bond donors (Lipinski definition) is 0. The van der Waals surface area contributed by atoms with Gasteiger partial charge in [0.25, 0.3) is 0 Å². The maximum absolute atomic E-state index is 6.16. The van der Waals surface area contributed by atoms with Crippen molar-refractivity contribution < 1.29 is 0 Å². The van der Waals surface area contributed by atoms with Gasteiger partial charge in [-0.3, -0.25) is 0 Å². The van der Waals surface area contributed by atoms with Gasteiger partial charge in [0.05, 0.1) is 17.4 Å². The van der Waals surface area contributed by atoms with Gasteiger partial charge in [-0.15, -0.1) is 11.6 Å². The summed E-state index contributed by atoms with van der Waals surface area (Å²) in [6, 6.07) is 0. The predicted octanol–water partition coefficient (Wildman–Crippen LogP) is 2.98. The molecule has 1 unspecified atom stereocenters. The van der Waals surface area contributed by atoms with Crippen LogP contribution < -0.4 is 0 Å². The normalized spacial score (nSPS) is 23.0. The van der Waals surface area contributed by atoms with E-state index in [1.54, 1.807) is 0 Å². The lowest BCUT2D eigenvalue weighted by molar-refractivity contribution is 0.723. The second-order valence-electron chi connectivity index (χ2n) is 3.88. The number of alkyl halides is 1. The first-order valence-corrected chi connectivity index (χ1v) is 5.52. The molecular formula is C11H15ClN2. The summed E-state index contributed by atoms with van der Waals surface area (Å²) >= 11 is 6.16. The Kier molecular flexibility index (Phi) is 2.92. The maximum atomic E-state index is 6.16. The average molecular weight is 211 g/mol. The molecule has 0 spiro atoms. The molecule has 76 valence electrons.